The minimum Gasteiger partial charge on any atom is -0.342 e. The Hall–Kier alpha value is -2.23. The lowest BCUT2D eigenvalue weighted by molar-refractivity contribution is -0.138. The van der Waals surface area contributed by atoms with Gasteiger partial charge in [-0.25, -0.2) is 8.78 Å². The molecule has 0 unspecified atom stereocenters. The van der Waals surface area contributed by atoms with Crippen molar-refractivity contribution >= 4 is 5.91 Å². The number of hydrogen-bond donors (Lipinski definition) is 0. The maximum Gasteiger partial charge on any atom is 0.222 e. The summed E-state index contributed by atoms with van der Waals surface area (Å²) in [7, 11) is 1.89. The van der Waals surface area contributed by atoms with Crippen molar-refractivity contribution in [2.45, 2.75) is 44.1 Å². The Balaban J connectivity index is 1.78. The highest BCUT2D eigenvalue weighted by Gasteiger charge is 2.46. The van der Waals surface area contributed by atoms with Gasteiger partial charge in [0.05, 0.1) is 0 Å². The minimum absolute atomic E-state index is 0.0742. The fourth-order valence-electron chi connectivity index (χ4n) is 4.67. The zero-order valence-corrected chi connectivity index (χ0v) is 14.5. The van der Waals surface area contributed by atoms with Crippen LogP contribution in [0.2, 0.25) is 0 Å². The molecule has 1 saturated heterocycles. The van der Waals surface area contributed by atoms with Gasteiger partial charge in [0.1, 0.15) is 11.6 Å². The molecule has 2 aliphatic rings. The van der Waals surface area contributed by atoms with Crippen LogP contribution in [0.25, 0.3) is 11.1 Å². The van der Waals surface area contributed by atoms with Gasteiger partial charge in [0.25, 0.3) is 0 Å². The molecule has 4 heteroatoms. The van der Waals surface area contributed by atoms with E-state index < -0.39 is 11.6 Å². The second-order valence-electron chi connectivity index (χ2n) is 7.47. The standard InChI is InChI=1S/C21H21F2NO/c1-21-10-9-20(25)24(2)19(21)8-4-14-11-13(3-6-17(14)21)16-12-15(22)5-7-18(16)23/h3,5-7,11-12,19H,4,8-10H2,1-2H3/t19-,21-/m1/s1. The number of halogens is 2. The van der Waals surface area contributed by atoms with Crippen molar-refractivity contribution in [3.05, 3.63) is 59.2 Å². The highest BCUT2D eigenvalue weighted by molar-refractivity contribution is 5.78. The van der Waals surface area contributed by atoms with Gasteiger partial charge in [0.2, 0.25) is 5.91 Å². The molecule has 1 fully saturated rings. The molecule has 1 aliphatic heterocycles. The summed E-state index contributed by atoms with van der Waals surface area (Å²) in [4.78, 5) is 14.0. The van der Waals surface area contributed by atoms with Gasteiger partial charge in [-0.1, -0.05) is 25.1 Å². The molecule has 2 aromatic rings. The van der Waals surface area contributed by atoms with Crippen LogP contribution in [0.15, 0.2) is 36.4 Å². The van der Waals surface area contributed by atoms with Gasteiger partial charge < -0.3 is 4.90 Å². The lowest BCUT2D eigenvalue weighted by atomic mass is 9.63. The van der Waals surface area contributed by atoms with Gasteiger partial charge in [-0.2, -0.15) is 0 Å². The van der Waals surface area contributed by atoms with Gasteiger partial charge in [-0.05, 0) is 54.2 Å². The summed E-state index contributed by atoms with van der Waals surface area (Å²) >= 11 is 0. The molecular formula is C21H21F2NO. The van der Waals surface area contributed by atoms with Crippen LogP contribution in [0.3, 0.4) is 0 Å². The van der Waals surface area contributed by atoms with Crippen LogP contribution in [0, 0.1) is 11.6 Å². The minimum atomic E-state index is -0.437. The summed E-state index contributed by atoms with van der Waals surface area (Å²) in [5.41, 5.74) is 3.35. The van der Waals surface area contributed by atoms with Crippen molar-refractivity contribution in [1.29, 1.82) is 0 Å². The van der Waals surface area contributed by atoms with Crippen LogP contribution in [-0.4, -0.2) is 23.9 Å². The van der Waals surface area contributed by atoms with E-state index in [9.17, 15) is 13.6 Å². The normalized spacial score (nSPS) is 25.5. The second kappa shape index (κ2) is 5.65. The number of carbonyl (C=O) groups excluding carboxylic acids is 1. The molecule has 2 atom stereocenters. The number of hydrogen-bond acceptors (Lipinski definition) is 1. The number of benzene rings is 2. The van der Waals surface area contributed by atoms with E-state index in [0.29, 0.717) is 17.5 Å². The van der Waals surface area contributed by atoms with E-state index in [1.165, 1.54) is 23.3 Å². The lowest BCUT2D eigenvalue weighted by Crippen LogP contribution is -2.56. The third-order valence-electron chi connectivity index (χ3n) is 6.10. The third-order valence-corrected chi connectivity index (χ3v) is 6.10. The number of piperidine rings is 1. The predicted molar refractivity (Wildman–Crippen MR) is 93.3 cm³/mol. The van der Waals surface area contributed by atoms with E-state index in [0.717, 1.165) is 25.3 Å². The van der Waals surface area contributed by atoms with Crippen LogP contribution in [-0.2, 0) is 16.6 Å². The number of carbonyl (C=O) groups is 1. The van der Waals surface area contributed by atoms with Crippen LogP contribution in [0.5, 0.6) is 0 Å². The average molecular weight is 341 g/mol. The zero-order valence-electron chi connectivity index (χ0n) is 14.5. The molecule has 25 heavy (non-hydrogen) atoms. The molecule has 1 aliphatic carbocycles. The number of rotatable bonds is 1. The average Bonchev–Trinajstić information content (AvgIpc) is 2.60. The highest BCUT2D eigenvalue weighted by atomic mass is 19.1. The Bertz CT molecular complexity index is 863. The fraction of sp³-hybridized carbons (Fsp3) is 0.381. The van der Waals surface area contributed by atoms with Crippen molar-refractivity contribution in [1.82, 2.24) is 4.90 Å². The zero-order chi connectivity index (χ0) is 17.8. The van der Waals surface area contributed by atoms with Crippen LogP contribution < -0.4 is 0 Å². The molecular weight excluding hydrogens is 320 g/mol. The molecule has 0 radical (unpaired) electrons. The van der Waals surface area contributed by atoms with Gasteiger partial charge in [0, 0.05) is 30.5 Å². The number of amides is 1. The van der Waals surface area contributed by atoms with E-state index in [4.69, 9.17) is 0 Å². The first-order chi connectivity index (χ1) is 11.9. The number of nitrogens with zero attached hydrogens (tertiary/aromatic N) is 1. The predicted octanol–water partition coefficient (Wildman–Crippen LogP) is 4.46. The molecule has 4 rings (SSSR count). The number of fused-ring (bicyclic) bond motifs is 3. The summed E-state index contributed by atoms with van der Waals surface area (Å²) in [6.45, 7) is 2.22. The SMILES string of the molecule is CN1C(=O)CC[C@]2(C)c3ccc(-c4cc(F)ccc4F)cc3CC[C@@H]12. The van der Waals surface area contributed by atoms with Crippen LogP contribution in [0.4, 0.5) is 8.78 Å². The van der Waals surface area contributed by atoms with E-state index in [1.54, 1.807) is 0 Å². The third kappa shape index (κ3) is 2.46. The largest absolute Gasteiger partial charge is 0.342 e. The summed E-state index contributed by atoms with van der Waals surface area (Å²) in [5.74, 6) is -0.637. The molecule has 1 heterocycles. The van der Waals surface area contributed by atoms with E-state index in [1.807, 2.05) is 30.1 Å². The first-order valence-corrected chi connectivity index (χ1v) is 8.74. The van der Waals surface area contributed by atoms with E-state index >= 15 is 0 Å². The molecule has 2 nitrogen and oxygen atoms in total. The Morgan fingerprint density at radius 3 is 2.72 bits per heavy atom. The highest BCUT2D eigenvalue weighted by Crippen LogP contribution is 2.46. The quantitative estimate of drug-likeness (QED) is 0.750. The summed E-state index contributed by atoms with van der Waals surface area (Å²) in [5, 5.41) is 0. The van der Waals surface area contributed by atoms with Crippen molar-refractivity contribution in [3.63, 3.8) is 0 Å². The molecule has 0 spiro atoms. The number of aryl methyl sites for hydroxylation is 1. The lowest BCUT2D eigenvalue weighted by Gasteiger charge is -2.50. The maximum absolute atomic E-state index is 14.1. The van der Waals surface area contributed by atoms with Gasteiger partial charge in [0.15, 0.2) is 0 Å². The fourth-order valence-corrected chi connectivity index (χ4v) is 4.67. The Morgan fingerprint density at radius 1 is 1.12 bits per heavy atom. The Morgan fingerprint density at radius 2 is 1.92 bits per heavy atom. The van der Waals surface area contributed by atoms with Gasteiger partial charge in [-0.15, -0.1) is 0 Å². The molecule has 1 amide bonds. The number of likely N-dealkylation sites (tertiary alicyclic amines) is 1. The van der Waals surface area contributed by atoms with Crippen molar-refractivity contribution < 1.29 is 13.6 Å². The Labute approximate surface area is 146 Å². The molecule has 0 N–H and O–H groups in total. The first kappa shape index (κ1) is 16.2. The van der Waals surface area contributed by atoms with Crippen molar-refractivity contribution in [2.75, 3.05) is 7.05 Å². The molecule has 2 aromatic carbocycles. The monoisotopic (exact) mass is 341 g/mol. The first-order valence-electron chi connectivity index (χ1n) is 8.74. The van der Waals surface area contributed by atoms with E-state index in [2.05, 4.69) is 6.92 Å². The summed E-state index contributed by atoms with van der Waals surface area (Å²) < 4.78 is 27.6. The van der Waals surface area contributed by atoms with Crippen LogP contribution in [0.1, 0.15) is 37.3 Å². The van der Waals surface area contributed by atoms with Crippen molar-refractivity contribution in [3.8, 4) is 11.1 Å². The molecule has 0 saturated carbocycles. The summed E-state index contributed by atoms with van der Waals surface area (Å²) in [6, 6.07) is 9.67. The van der Waals surface area contributed by atoms with E-state index in [-0.39, 0.29) is 17.4 Å². The molecule has 130 valence electrons. The topological polar surface area (TPSA) is 20.3 Å². The maximum atomic E-state index is 14.1. The second-order valence-corrected chi connectivity index (χ2v) is 7.47. The summed E-state index contributed by atoms with van der Waals surface area (Å²) in [6.07, 6.45) is 3.14. The van der Waals surface area contributed by atoms with Gasteiger partial charge >= 0.3 is 0 Å². The molecule has 0 bridgehead atoms. The van der Waals surface area contributed by atoms with Gasteiger partial charge in [-0.3, -0.25) is 4.79 Å². The van der Waals surface area contributed by atoms with Crippen LogP contribution >= 0.6 is 0 Å². The smallest absolute Gasteiger partial charge is 0.222 e. The molecule has 0 aromatic heterocycles. The Kier molecular flexibility index (Phi) is 3.67. The van der Waals surface area contributed by atoms with Crippen molar-refractivity contribution in [2.24, 2.45) is 0 Å². The number of likely N-dealkylation sites (N-methyl/N-ethyl adjacent to an activating group) is 1.